The molecule has 7 nitrogen and oxygen atoms in total. The van der Waals surface area contributed by atoms with Crippen LogP contribution in [0.15, 0.2) is 16.9 Å². The summed E-state index contributed by atoms with van der Waals surface area (Å²) in [5.74, 6) is -1.54. The number of rotatable bonds is 5. The smallest absolute Gasteiger partial charge is 0.355 e. The number of aliphatic carboxylic acids is 1. The molecule has 0 bridgehead atoms. The first-order valence-corrected chi connectivity index (χ1v) is 7.24. The van der Waals surface area contributed by atoms with Crippen molar-refractivity contribution in [2.45, 2.75) is 26.5 Å². The Balaban J connectivity index is 2.58. The van der Waals surface area contributed by atoms with Gasteiger partial charge in [0.1, 0.15) is 11.6 Å². The molecule has 1 N–H and O–H groups in total. The third-order valence-corrected chi connectivity index (χ3v) is 3.65. The van der Waals surface area contributed by atoms with E-state index in [4.69, 9.17) is 33.0 Å². The van der Waals surface area contributed by atoms with Gasteiger partial charge >= 0.3 is 18.2 Å². The Morgan fingerprint density at radius 3 is 2.46 bits per heavy atom. The number of alkyl halides is 2. The molecule has 0 aliphatic rings. The van der Waals surface area contributed by atoms with E-state index in [-0.39, 0.29) is 31.9 Å². The van der Waals surface area contributed by atoms with Crippen LogP contribution in [0, 0.1) is 6.92 Å². The van der Waals surface area contributed by atoms with Gasteiger partial charge in [-0.15, -0.1) is 5.10 Å². The van der Waals surface area contributed by atoms with Gasteiger partial charge in [0.25, 0.3) is 0 Å². The molecule has 0 saturated carbocycles. The van der Waals surface area contributed by atoms with Gasteiger partial charge in [-0.2, -0.15) is 13.5 Å². The largest absolute Gasteiger partial charge is 0.479 e. The number of hydrogen-bond donors (Lipinski definition) is 1. The van der Waals surface area contributed by atoms with Gasteiger partial charge in [-0.05, 0) is 19.9 Å². The van der Waals surface area contributed by atoms with Gasteiger partial charge in [0, 0.05) is 6.07 Å². The summed E-state index contributed by atoms with van der Waals surface area (Å²) in [6, 6.07) is 2.36. The van der Waals surface area contributed by atoms with Crippen LogP contribution in [0.1, 0.15) is 19.3 Å². The van der Waals surface area contributed by atoms with Crippen molar-refractivity contribution < 1.29 is 23.4 Å². The van der Waals surface area contributed by atoms with Crippen LogP contribution in [0.2, 0.25) is 10.0 Å². The van der Waals surface area contributed by atoms with Crippen molar-refractivity contribution in [1.82, 2.24) is 14.3 Å². The third kappa shape index (κ3) is 3.36. The lowest BCUT2D eigenvalue weighted by molar-refractivity contribution is -0.144. The predicted octanol–water partition coefficient (Wildman–Crippen LogP) is 2.90. The Hall–Kier alpha value is -2.13. The van der Waals surface area contributed by atoms with Crippen LogP contribution in [0.3, 0.4) is 0 Å². The number of aromatic nitrogens is 3. The molecular formula is C13H11Cl2F2N3O4. The lowest BCUT2D eigenvalue weighted by Crippen LogP contribution is -2.25. The molecule has 0 spiro atoms. The van der Waals surface area contributed by atoms with Gasteiger partial charge in [0.05, 0.1) is 15.7 Å². The van der Waals surface area contributed by atoms with Crippen LogP contribution >= 0.6 is 23.2 Å². The van der Waals surface area contributed by atoms with E-state index in [0.29, 0.717) is 4.68 Å². The van der Waals surface area contributed by atoms with Gasteiger partial charge in [-0.3, -0.25) is 0 Å². The summed E-state index contributed by atoms with van der Waals surface area (Å²) in [5, 5.41) is 12.6. The highest BCUT2D eigenvalue weighted by molar-refractivity contribution is 6.36. The van der Waals surface area contributed by atoms with Gasteiger partial charge in [0.15, 0.2) is 6.10 Å². The number of benzene rings is 1. The number of ether oxygens (including phenoxy) is 1. The Morgan fingerprint density at radius 2 is 1.96 bits per heavy atom. The second-order valence-electron chi connectivity index (χ2n) is 4.72. The maximum Gasteiger partial charge on any atom is 0.355 e. The summed E-state index contributed by atoms with van der Waals surface area (Å²) >= 11 is 11.9. The molecule has 2 aromatic rings. The molecule has 0 fully saturated rings. The number of hydrogen-bond acceptors (Lipinski definition) is 4. The summed E-state index contributed by atoms with van der Waals surface area (Å²) in [6.07, 6.45) is -1.23. The fourth-order valence-electron chi connectivity index (χ4n) is 1.87. The average molecular weight is 382 g/mol. The van der Waals surface area contributed by atoms with Crippen molar-refractivity contribution >= 4 is 29.2 Å². The number of halogens is 4. The topological polar surface area (TPSA) is 86.4 Å². The lowest BCUT2D eigenvalue weighted by atomic mass is 10.3. The van der Waals surface area contributed by atoms with Gasteiger partial charge in [-0.1, -0.05) is 23.2 Å². The number of carboxylic acids is 1. The molecule has 0 saturated heterocycles. The van der Waals surface area contributed by atoms with Crippen LogP contribution in [-0.4, -0.2) is 31.5 Å². The molecule has 2 rings (SSSR count). The Morgan fingerprint density at radius 1 is 1.33 bits per heavy atom. The zero-order valence-electron chi connectivity index (χ0n) is 12.3. The zero-order valence-corrected chi connectivity index (χ0v) is 13.8. The molecule has 130 valence electrons. The Labute approximate surface area is 144 Å². The summed E-state index contributed by atoms with van der Waals surface area (Å²) in [7, 11) is 0. The van der Waals surface area contributed by atoms with E-state index in [1.54, 1.807) is 0 Å². The maximum absolute atomic E-state index is 12.9. The monoisotopic (exact) mass is 381 g/mol. The van der Waals surface area contributed by atoms with Crippen LogP contribution in [-0.2, 0) is 4.79 Å². The Kier molecular flexibility index (Phi) is 5.14. The molecule has 1 aromatic heterocycles. The number of nitrogens with zero attached hydrogens (tertiary/aromatic N) is 3. The highest BCUT2D eigenvalue weighted by Crippen LogP contribution is 2.33. The zero-order chi connectivity index (χ0) is 18.2. The molecule has 0 radical (unpaired) electrons. The number of carboxylic acid groups (broad SMARTS) is 1. The maximum atomic E-state index is 12.9. The van der Waals surface area contributed by atoms with E-state index in [0.717, 1.165) is 6.07 Å². The van der Waals surface area contributed by atoms with E-state index in [9.17, 15) is 18.4 Å². The molecule has 1 aromatic carbocycles. The normalized spacial score (nSPS) is 12.5. The number of aryl methyl sites for hydroxylation is 1. The van der Waals surface area contributed by atoms with Crippen molar-refractivity contribution in [2.24, 2.45) is 0 Å². The van der Waals surface area contributed by atoms with E-state index in [2.05, 4.69) is 5.10 Å². The molecular weight excluding hydrogens is 371 g/mol. The molecule has 1 heterocycles. The van der Waals surface area contributed by atoms with Crippen molar-refractivity contribution in [2.75, 3.05) is 0 Å². The minimum Gasteiger partial charge on any atom is -0.479 e. The molecule has 1 unspecified atom stereocenters. The van der Waals surface area contributed by atoms with Crippen molar-refractivity contribution in [3.8, 4) is 11.4 Å². The fourth-order valence-corrected chi connectivity index (χ4v) is 2.38. The standard InChI is InChI=1S/C13H11Cl2F2N3O4/c1-5(11(21)22)24-10-4-9(7(14)3-8(10)15)20-13(23)19(12(16)17)6(2)18-20/h3-5,12H,1-2H3,(H,21,22). The summed E-state index contributed by atoms with van der Waals surface area (Å²) in [5.41, 5.74) is -1.18. The average Bonchev–Trinajstić information content (AvgIpc) is 2.76. The van der Waals surface area contributed by atoms with E-state index < -0.39 is 24.3 Å². The third-order valence-electron chi connectivity index (χ3n) is 3.06. The first-order chi connectivity index (χ1) is 11.1. The van der Waals surface area contributed by atoms with Gasteiger partial charge in [-0.25, -0.2) is 14.2 Å². The van der Waals surface area contributed by atoms with Crippen LogP contribution in [0.25, 0.3) is 5.69 Å². The highest BCUT2D eigenvalue weighted by Gasteiger charge is 2.22. The van der Waals surface area contributed by atoms with Crippen molar-refractivity contribution in [3.63, 3.8) is 0 Å². The summed E-state index contributed by atoms with van der Waals surface area (Å²) in [4.78, 5) is 22.9. The SMILES string of the molecule is Cc1nn(-c2cc(OC(C)C(=O)O)c(Cl)cc2Cl)c(=O)n1C(F)F. The quantitative estimate of drug-likeness (QED) is 0.860. The molecule has 0 aliphatic carbocycles. The van der Waals surface area contributed by atoms with Crippen LogP contribution < -0.4 is 10.4 Å². The first kappa shape index (κ1) is 18.2. The molecule has 24 heavy (non-hydrogen) atoms. The molecule has 1 atom stereocenters. The first-order valence-electron chi connectivity index (χ1n) is 6.48. The summed E-state index contributed by atoms with van der Waals surface area (Å²) < 4.78 is 31.8. The van der Waals surface area contributed by atoms with Gasteiger partial charge in [0.2, 0.25) is 0 Å². The molecule has 11 heteroatoms. The fraction of sp³-hybridized carbons (Fsp3) is 0.308. The van der Waals surface area contributed by atoms with E-state index >= 15 is 0 Å². The van der Waals surface area contributed by atoms with E-state index in [1.807, 2.05) is 0 Å². The Bertz CT molecular complexity index is 850. The van der Waals surface area contributed by atoms with Crippen LogP contribution in [0.5, 0.6) is 5.75 Å². The number of carbonyl (C=O) groups is 1. The highest BCUT2D eigenvalue weighted by atomic mass is 35.5. The molecule has 0 aliphatic heterocycles. The van der Waals surface area contributed by atoms with Gasteiger partial charge < -0.3 is 9.84 Å². The van der Waals surface area contributed by atoms with Crippen LogP contribution in [0.4, 0.5) is 8.78 Å². The van der Waals surface area contributed by atoms with E-state index in [1.165, 1.54) is 19.9 Å². The molecule has 0 amide bonds. The lowest BCUT2D eigenvalue weighted by Gasteiger charge is -2.14. The minimum atomic E-state index is -3.07. The van der Waals surface area contributed by atoms with Crippen molar-refractivity contribution in [1.29, 1.82) is 0 Å². The van der Waals surface area contributed by atoms with Crippen molar-refractivity contribution in [3.05, 3.63) is 38.5 Å². The minimum absolute atomic E-state index is 0.00471. The second-order valence-corrected chi connectivity index (χ2v) is 5.54. The predicted molar refractivity (Wildman–Crippen MR) is 81.6 cm³/mol. The second kappa shape index (κ2) is 6.78. The summed E-state index contributed by atoms with van der Waals surface area (Å²) in [6.45, 7) is -0.563.